The number of nitrogens with one attached hydrogen (secondary N) is 1. The first-order chi connectivity index (χ1) is 15.0. The summed E-state index contributed by atoms with van der Waals surface area (Å²) in [7, 11) is 0. The van der Waals surface area contributed by atoms with Crippen LogP contribution < -0.4 is 5.32 Å². The number of nitrogens with zero attached hydrogens (tertiary/aromatic N) is 2. The van der Waals surface area contributed by atoms with Gasteiger partial charge in [0.1, 0.15) is 5.76 Å². The molecule has 5 heteroatoms. The Labute approximate surface area is 184 Å². The van der Waals surface area contributed by atoms with Crippen LogP contribution in [0.15, 0.2) is 53.1 Å². The van der Waals surface area contributed by atoms with Gasteiger partial charge in [-0.2, -0.15) is 0 Å². The number of hydrogen-bond acceptors (Lipinski definition) is 4. The summed E-state index contributed by atoms with van der Waals surface area (Å²) in [5, 5.41) is 7.07. The molecule has 1 unspecified atom stereocenters. The van der Waals surface area contributed by atoms with E-state index in [1.54, 1.807) is 0 Å². The number of likely N-dealkylation sites (tertiary alicyclic amines) is 1. The van der Waals surface area contributed by atoms with Gasteiger partial charge in [0.25, 0.3) is 0 Å². The monoisotopic (exact) mass is 417 g/mol. The highest BCUT2D eigenvalue weighted by Crippen LogP contribution is 2.26. The van der Waals surface area contributed by atoms with E-state index in [4.69, 9.17) is 4.52 Å². The second-order valence-electron chi connectivity index (χ2n) is 8.51. The molecule has 5 nitrogen and oxygen atoms in total. The lowest BCUT2D eigenvalue weighted by Gasteiger charge is -2.16. The molecule has 0 aliphatic carbocycles. The van der Waals surface area contributed by atoms with Crippen molar-refractivity contribution in [2.45, 2.75) is 52.6 Å². The summed E-state index contributed by atoms with van der Waals surface area (Å²) in [6.45, 7) is 9.54. The number of amides is 1. The molecule has 1 fully saturated rings. The molecular weight excluding hydrogens is 386 g/mol. The SMILES string of the molecule is Cc1noc(C)c1C(C)C(=O)NCc1ccccc1-c1ccc(CN2CCCC2)cc1. The Hall–Kier alpha value is -2.92. The fraction of sp³-hybridized carbons (Fsp3) is 0.385. The predicted molar refractivity (Wildman–Crippen MR) is 123 cm³/mol. The van der Waals surface area contributed by atoms with E-state index < -0.39 is 0 Å². The van der Waals surface area contributed by atoms with Gasteiger partial charge in [-0.15, -0.1) is 0 Å². The summed E-state index contributed by atoms with van der Waals surface area (Å²) in [5.41, 5.74) is 6.43. The maximum absolute atomic E-state index is 12.8. The van der Waals surface area contributed by atoms with Crippen LogP contribution in [0.3, 0.4) is 0 Å². The average molecular weight is 418 g/mol. The van der Waals surface area contributed by atoms with E-state index in [9.17, 15) is 4.79 Å². The molecule has 2 aromatic carbocycles. The molecule has 1 atom stereocenters. The molecule has 1 N–H and O–H groups in total. The molecule has 2 heterocycles. The number of benzene rings is 2. The van der Waals surface area contributed by atoms with E-state index in [1.165, 1.54) is 37.1 Å². The van der Waals surface area contributed by atoms with Crippen LogP contribution in [0.1, 0.15) is 53.8 Å². The van der Waals surface area contributed by atoms with E-state index in [1.807, 2.05) is 32.9 Å². The number of aryl methyl sites for hydroxylation is 2. The topological polar surface area (TPSA) is 58.4 Å². The number of hydrogen-bond donors (Lipinski definition) is 1. The van der Waals surface area contributed by atoms with Gasteiger partial charge in [-0.3, -0.25) is 9.69 Å². The van der Waals surface area contributed by atoms with Crippen molar-refractivity contribution in [2.75, 3.05) is 13.1 Å². The van der Waals surface area contributed by atoms with Crippen molar-refractivity contribution in [3.63, 3.8) is 0 Å². The molecule has 0 saturated carbocycles. The summed E-state index contributed by atoms with van der Waals surface area (Å²) in [6, 6.07) is 17.1. The molecule has 1 aliphatic heterocycles. The Balaban J connectivity index is 1.44. The lowest BCUT2D eigenvalue weighted by molar-refractivity contribution is -0.122. The molecule has 1 amide bonds. The minimum Gasteiger partial charge on any atom is -0.361 e. The van der Waals surface area contributed by atoms with Crippen LogP contribution in [-0.4, -0.2) is 29.1 Å². The fourth-order valence-electron chi connectivity index (χ4n) is 4.52. The van der Waals surface area contributed by atoms with Crippen molar-refractivity contribution in [3.8, 4) is 11.1 Å². The first-order valence-electron chi connectivity index (χ1n) is 11.1. The van der Waals surface area contributed by atoms with Crippen molar-refractivity contribution in [1.82, 2.24) is 15.4 Å². The Morgan fingerprint density at radius 1 is 1.10 bits per heavy atom. The normalized spacial score (nSPS) is 15.2. The van der Waals surface area contributed by atoms with Gasteiger partial charge in [0, 0.05) is 18.7 Å². The molecule has 31 heavy (non-hydrogen) atoms. The summed E-state index contributed by atoms with van der Waals surface area (Å²) in [6.07, 6.45) is 2.62. The molecule has 4 rings (SSSR count). The van der Waals surface area contributed by atoms with E-state index in [0.29, 0.717) is 12.3 Å². The van der Waals surface area contributed by atoms with Gasteiger partial charge >= 0.3 is 0 Å². The first kappa shape index (κ1) is 21.3. The standard InChI is InChI=1S/C26H31N3O2/c1-18(25-19(2)28-31-20(25)3)26(30)27-16-23-8-4-5-9-24(23)22-12-10-21(11-13-22)17-29-14-6-7-15-29/h4-5,8-13,18H,6-7,14-17H2,1-3H3,(H,27,30). The van der Waals surface area contributed by atoms with Crippen LogP contribution in [0.2, 0.25) is 0 Å². The Morgan fingerprint density at radius 3 is 2.48 bits per heavy atom. The molecule has 162 valence electrons. The minimum absolute atomic E-state index is 0.0230. The zero-order chi connectivity index (χ0) is 21.8. The van der Waals surface area contributed by atoms with Crippen molar-refractivity contribution < 1.29 is 9.32 Å². The van der Waals surface area contributed by atoms with Gasteiger partial charge in [0.05, 0.1) is 11.6 Å². The van der Waals surface area contributed by atoms with Gasteiger partial charge < -0.3 is 9.84 Å². The average Bonchev–Trinajstić information content (AvgIpc) is 3.41. The second kappa shape index (κ2) is 9.48. The molecular formula is C26H31N3O2. The largest absolute Gasteiger partial charge is 0.361 e. The van der Waals surface area contributed by atoms with Gasteiger partial charge in [-0.05, 0) is 69.0 Å². The molecule has 3 aromatic rings. The zero-order valence-electron chi connectivity index (χ0n) is 18.6. The maximum atomic E-state index is 12.8. The number of aromatic nitrogens is 1. The molecule has 1 aliphatic rings. The fourth-order valence-corrected chi connectivity index (χ4v) is 4.52. The zero-order valence-corrected chi connectivity index (χ0v) is 18.6. The number of rotatable bonds is 7. The molecule has 0 spiro atoms. The second-order valence-corrected chi connectivity index (χ2v) is 8.51. The number of carbonyl (C=O) groups excluding carboxylic acids is 1. The highest BCUT2D eigenvalue weighted by Gasteiger charge is 2.23. The summed E-state index contributed by atoms with van der Waals surface area (Å²) in [4.78, 5) is 15.3. The maximum Gasteiger partial charge on any atom is 0.227 e. The lowest BCUT2D eigenvalue weighted by Crippen LogP contribution is -2.28. The Morgan fingerprint density at radius 2 is 1.81 bits per heavy atom. The van der Waals surface area contributed by atoms with E-state index >= 15 is 0 Å². The van der Waals surface area contributed by atoms with E-state index in [2.05, 4.69) is 51.8 Å². The van der Waals surface area contributed by atoms with Crippen LogP contribution in [0.5, 0.6) is 0 Å². The highest BCUT2D eigenvalue weighted by molar-refractivity contribution is 5.84. The molecule has 1 saturated heterocycles. The van der Waals surface area contributed by atoms with Crippen molar-refractivity contribution >= 4 is 5.91 Å². The number of carbonyl (C=O) groups is 1. The molecule has 0 radical (unpaired) electrons. The van der Waals surface area contributed by atoms with Crippen molar-refractivity contribution in [1.29, 1.82) is 0 Å². The predicted octanol–water partition coefficient (Wildman–Crippen LogP) is 4.97. The first-order valence-corrected chi connectivity index (χ1v) is 11.1. The minimum atomic E-state index is -0.303. The van der Waals surface area contributed by atoms with Crippen molar-refractivity contribution in [2.24, 2.45) is 0 Å². The van der Waals surface area contributed by atoms with Crippen LogP contribution in [-0.2, 0) is 17.9 Å². The Bertz CT molecular complexity index is 1010. The van der Waals surface area contributed by atoms with Gasteiger partial charge in [0.15, 0.2) is 0 Å². The third kappa shape index (κ3) is 4.88. The smallest absolute Gasteiger partial charge is 0.227 e. The summed E-state index contributed by atoms with van der Waals surface area (Å²) >= 11 is 0. The van der Waals surface area contributed by atoms with Gasteiger partial charge in [0.2, 0.25) is 5.91 Å². The molecule has 1 aromatic heterocycles. The van der Waals surface area contributed by atoms with Crippen LogP contribution in [0.25, 0.3) is 11.1 Å². The van der Waals surface area contributed by atoms with Gasteiger partial charge in [-0.1, -0.05) is 53.7 Å². The van der Waals surface area contributed by atoms with Crippen LogP contribution >= 0.6 is 0 Å². The van der Waals surface area contributed by atoms with Gasteiger partial charge in [-0.25, -0.2) is 0 Å². The summed E-state index contributed by atoms with van der Waals surface area (Å²) < 4.78 is 5.22. The third-order valence-corrected chi connectivity index (χ3v) is 6.26. The van der Waals surface area contributed by atoms with Crippen LogP contribution in [0.4, 0.5) is 0 Å². The van der Waals surface area contributed by atoms with Crippen LogP contribution in [0, 0.1) is 13.8 Å². The quantitative estimate of drug-likeness (QED) is 0.589. The van der Waals surface area contributed by atoms with E-state index in [0.717, 1.165) is 28.9 Å². The van der Waals surface area contributed by atoms with Crippen molar-refractivity contribution in [3.05, 3.63) is 76.7 Å². The Kier molecular flexibility index (Phi) is 6.52. The third-order valence-electron chi connectivity index (χ3n) is 6.26. The summed E-state index contributed by atoms with van der Waals surface area (Å²) in [5.74, 6) is 0.378. The highest BCUT2D eigenvalue weighted by atomic mass is 16.5. The van der Waals surface area contributed by atoms with E-state index in [-0.39, 0.29) is 11.8 Å². The lowest BCUT2D eigenvalue weighted by atomic mass is 9.97. The molecule has 0 bridgehead atoms.